The average Bonchev–Trinajstić information content (AvgIpc) is 3.10. The van der Waals surface area contributed by atoms with Crippen molar-refractivity contribution in [2.45, 2.75) is 12.2 Å². The number of urea groups is 1. The summed E-state index contributed by atoms with van der Waals surface area (Å²) in [5.41, 5.74) is 0.621. The molecule has 0 fully saturated rings. The van der Waals surface area contributed by atoms with Gasteiger partial charge in [0.15, 0.2) is 0 Å². The molecule has 0 saturated carbocycles. The molecule has 0 unspecified atom stereocenters. The lowest BCUT2D eigenvalue weighted by Crippen LogP contribution is -2.29. The van der Waals surface area contributed by atoms with Crippen LogP contribution in [0, 0.1) is 0 Å². The Bertz CT molecular complexity index is 609. The lowest BCUT2D eigenvalue weighted by Gasteiger charge is -2.10. The molecule has 0 atom stereocenters. The number of furan rings is 1. The van der Waals surface area contributed by atoms with Crippen molar-refractivity contribution in [2.75, 3.05) is 31.8 Å². The summed E-state index contributed by atoms with van der Waals surface area (Å²) in [5.74, 6) is 4.02. The molecule has 2 amide bonds. The molecule has 0 aliphatic rings. The molecule has 2 rings (SSSR count). The first-order valence-corrected chi connectivity index (χ1v) is 8.75. The predicted octanol–water partition coefficient (Wildman–Crippen LogP) is 3.74. The van der Waals surface area contributed by atoms with Gasteiger partial charge in [-0.05, 0) is 24.3 Å². The summed E-state index contributed by atoms with van der Waals surface area (Å²) < 4.78 is 15.6. The molecular weight excluding hydrogens is 328 g/mol. The lowest BCUT2D eigenvalue weighted by molar-refractivity contribution is 0.252. The van der Waals surface area contributed by atoms with E-state index < -0.39 is 0 Å². The molecule has 130 valence electrons. The summed E-state index contributed by atoms with van der Waals surface area (Å²) in [7, 11) is 3.14. The Kier molecular flexibility index (Phi) is 7.35. The number of amides is 2. The van der Waals surface area contributed by atoms with Gasteiger partial charge in [-0.2, -0.15) is 11.8 Å². The first kappa shape index (κ1) is 18.1. The second-order valence-electron chi connectivity index (χ2n) is 4.97. The van der Waals surface area contributed by atoms with Gasteiger partial charge in [0.05, 0.1) is 26.2 Å². The van der Waals surface area contributed by atoms with Gasteiger partial charge in [0.2, 0.25) is 0 Å². The topological polar surface area (TPSA) is 72.7 Å². The molecule has 2 aromatic rings. The zero-order chi connectivity index (χ0) is 17.2. The van der Waals surface area contributed by atoms with Gasteiger partial charge in [-0.1, -0.05) is 0 Å². The molecule has 7 heteroatoms. The third kappa shape index (κ3) is 6.08. The molecule has 1 aromatic carbocycles. The minimum absolute atomic E-state index is 0.249. The molecule has 6 nitrogen and oxygen atoms in total. The van der Waals surface area contributed by atoms with Crippen LogP contribution in [0.3, 0.4) is 0 Å². The lowest BCUT2D eigenvalue weighted by atomic mass is 10.3. The largest absolute Gasteiger partial charge is 0.497 e. The molecule has 0 saturated heterocycles. The van der Waals surface area contributed by atoms with Crippen LogP contribution in [0.1, 0.15) is 12.2 Å². The van der Waals surface area contributed by atoms with Crippen LogP contribution in [0.5, 0.6) is 11.5 Å². The average molecular weight is 350 g/mol. The maximum Gasteiger partial charge on any atom is 0.319 e. The molecule has 1 heterocycles. The van der Waals surface area contributed by atoms with Crippen molar-refractivity contribution in [3.8, 4) is 11.5 Å². The Morgan fingerprint density at radius 3 is 2.58 bits per heavy atom. The van der Waals surface area contributed by atoms with Crippen molar-refractivity contribution in [1.29, 1.82) is 0 Å². The van der Waals surface area contributed by atoms with E-state index in [0.29, 0.717) is 23.7 Å². The van der Waals surface area contributed by atoms with E-state index in [0.717, 1.165) is 23.7 Å². The van der Waals surface area contributed by atoms with Crippen molar-refractivity contribution in [1.82, 2.24) is 5.32 Å². The number of carbonyl (C=O) groups is 1. The maximum absolute atomic E-state index is 11.9. The highest BCUT2D eigenvalue weighted by molar-refractivity contribution is 7.98. The van der Waals surface area contributed by atoms with Crippen molar-refractivity contribution in [2.24, 2.45) is 0 Å². The number of thioether (sulfide) groups is 1. The van der Waals surface area contributed by atoms with Crippen LogP contribution in [-0.2, 0) is 5.75 Å². The zero-order valence-electron chi connectivity index (χ0n) is 13.8. The highest BCUT2D eigenvalue weighted by Crippen LogP contribution is 2.25. The molecule has 1 aromatic heterocycles. The third-order valence-corrected chi connectivity index (χ3v) is 4.25. The predicted molar refractivity (Wildman–Crippen MR) is 96.1 cm³/mol. The molecule has 0 spiro atoms. The summed E-state index contributed by atoms with van der Waals surface area (Å²) in [5, 5.41) is 5.60. The zero-order valence-corrected chi connectivity index (χ0v) is 14.7. The number of benzene rings is 1. The van der Waals surface area contributed by atoms with Crippen molar-refractivity contribution in [3.63, 3.8) is 0 Å². The van der Waals surface area contributed by atoms with Crippen LogP contribution in [0.25, 0.3) is 0 Å². The Balaban J connectivity index is 1.66. The van der Waals surface area contributed by atoms with Crippen LogP contribution in [0.2, 0.25) is 0 Å². The molecule has 0 radical (unpaired) electrons. The fraction of sp³-hybridized carbons (Fsp3) is 0.353. The van der Waals surface area contributed by atoms with Gasteiger partial charge in [0.25, 0.3) is 0 Å². The van der Waals surface area contributed by atoms with E-state index in [4.69, 9.17) is 13.9 Å². The number of nitrogens with one attached hydrogen (secondary N) is 2. The summed E-state index contributed by atoms with van der Waals surface area (Å²) in [6, 6.07) is 8.82. The molecule has 24 heavy (non-hydrogen) atoms. The Morgan fingerprint density at radius 1 is 1.21 bits per heavy atom. The first-order valence-electron chi connectivity index (χ1n) is 7.59. The van der Waals surface area contributed by atoms with Crippen molar-refractivity contribution in [3.05, 3.63) is 42.4 Å². The van der Waals surface area contributed by atoms with Crippen LogP contribution in [0.4, 0.5) is 10.5 Å². The summed E-state index contributed by atoms with van der Waals surface area (Å²) in [4.78, 5) is 11.9. The number of rotatable bonds is 9. The molecule has 2 N–H and O–H groups in total. The normalized spacial score (nSPS) is 10.2. The summed E-state index contributed by atoms with van der Waals surface area (Å²) in [6.07, 6.45) is 2.57. The highest BCUT2D eigenvalue weighted by Gasteiger charge is 2.05. The number of methoxy groups -OCH3 is 2. The summed E-state index contributed by atoms with van der Waals surface area (Å²) >= 11 is 1.78. The van der Waals surface area contributed by atoms with E-state index >= 15 is 0 Å². The van der Waals surface area contributed by atoms with E-state index in [1.54, 1.807) is 50.4 Å². The van der Waals surface area contributed by atoms with Crippen LogP contribution in [-0.4, -0.2) is 32.5 Å². The molecular formula is C17H22N2O4S. The number of anilines is 1. The second-order valence-corrected chi connectivity index (χ2v) is 6.07. The first-order chi connectivity index (χ1) is 11.7. The fourth-order valence-electron chi connectivity index (χ4n) is 2.00. The fourth-order valence-corrected chi connectivity index (χ4v) is 2.86. The minimum atomic E-state index is -0.249. The SMILES string of the molecule is COc1cc(NC(=O)NCCCSCc2ccco2)cc(OC)c1. The number of carbonyl (C=O) groups excluding carboxylic acids is 1. The van der Waals surface area contributed by atoms with Crippen LogP contribution >= 0.6 is 11.8 Å². The smallest absolute Gasteiger partial charge is 0.319 e. The van der Waals surface area contributed by atoms with E-state index in [-0.39, 0.29) is 6.03 Å². The molecule has 0 aliphatic heterocycles. The molecule has 0 aliphatic carbocycles. The van der Waals surface area contributed by atoms with E-state index in [9.17, 15) is 4.79 Å². The quantitative estimate of drug-likeness (QED) is 0.674. The Morgan fingerprint density at radius 2 is 1.96 bits per heavy atom. The van der Waals surface area contributed by atoms with E-state index in [2.05, 4.69) is 10.6 Å². The number of hydrogen-bond acceptors (Lipinski definition) is 5. The second kappa shape index (κ2) is 9.77. The van der Waals surface area contributed by atoms with Gasteiger partial charge in [-0.25, -0.2) is 4.79 Å². The standard InChI is InChI=1S/C17H22N2O4S/c1-21-15-9-13(10-16(11-15)22-2)19-17(20)18-6-4-8-24-12-14-5-3-7-23-14/h3,5,7,9-11H,4,6,8,12H2,1-2H3,(H2,18,19,20). The van der Waals surface area contributed by atoms with Crippen LogP contribution in [0.15, 0.2) is 41.0 Å². The minimum Gasteiger partial charge on any atom is -0.497 e. The van der Waals surface area contributed by atoms with Crippen LogP contribution < -0.4 is 20.1 Å². The number of ether oxygens (including phenoxy) is 2. The van der Waals surface area contributed by atoms with Gasteiger partial charge >= 0.3 is 6.03 Å². The Hall–Kier alpha value is -2.28. The Labute approximate surface area is 145 Å². The third-order valence-electron chi connectivity index (χ3n) is 3.18. The van der Waals surface area contributed by atoms with Gasteiger partial charge < -0.3 is 24.5 Å². The summed E-state index contributed by atoms with van der Waals surface area (Å²) in [6.45, 7) is 0.609. The van der Waals surface area contributed by atoms with E-state index in [1.165, 1.54) is 0 Å². The van der Waals surface area contributed by atoms with Crippen molar-refractivity contribution >= 4 is 23.5 Å². The van der Waals surface area contributed by atoms with Gasteiger partial charge in [-0.15, -0.1) is 0 Å². The monoisotopic (exact) mass is 350 g/mol. The number of hydrogen-bond donors (Lipinski definition) is 2. The molecule has 0 bridgehead atoms. The highest BCUT2D eigenvalue weighted by atomic mass is 32.2. The van der Waals surface area contributed by atoms with Gasteiger partial charge in [0.1, 0.15) is 17.3 Å². The van der Waals surface area contributed by atoms with Gasteiger partial charge in [-0.3, -0.25) is 0 Å². The van der Waals surface area contributed by atoms with Crippen molar-refractivity contribution < 1.29 is 18.7 Å². The maximum atomic E-state index is 11.9. The van der Waals surface area contributed by atoms with Gasteiger partial charge in [0, 0.05) is 30.4 Å². The van der Waals surface area contributed by atoms with E-state index in [1.807, 2.05) is 12.1 Å².